The third-order valence-corrected chi connectivity index (χ3v) is 4.79. The fourth-order valence-corrected chi connectivity index (χ4v) is 3.57. The van der Waals surface area contributed by atoms with Crippen LogP contribution >= 0.6 is 0 Å². The summed E-state index contributed by atoms with van der Waals surface area (Å²) in [7, 11) is 0. The van der Waals surface area contributed by atoms with Gasteiger partial charge in [0.1, 0.15) is 0 Å². The lowest BCUT2D eigenvalue weighted by molar-refractivity contribution is 0.0563. The van der Waals surface area contributed by atoms with Crippen molar-refractivity contribution in [2.45, 2.75) is 44.9 Å². The SMILES string of the molecule is CC1CN(CC2CCCO2)CCC1Nc1cnn(CCO)c1. The summed E-state index contributed by atoms with van der Waals surface area (Å²) in [6, 6.07) is 0.493. The zero-order chi connectivity index (χ0) is 15.4. The van der Waals surface area contributed by atoms with E-state index in [4.69, 9.17) is 9.84 Å². The van der Waals surface area contributed by atoms with Crippen LogP contribution < -0.4 is 5.32 Å². The number of piperidine rings is 1. The number of anilines is 1. The van der Waals surface area contributed by atoms with Gasteiger partial charge in [-0.25, -0.2) is 0 Å². The Morgan fingerprint density at radius 1 is 1.45 bits per heavy atom. The molecule has 0 spiro atoms. The molecule has 0 aromatic carbocycles. The highest BCUT2D eigenvalue weighted by atomic mass is 16.5. The number of aliphatic hydroxyl groups excluding tert-OH is 1. The first-order chi connectivity index (χ1) is 10.7. The Bertz CT molecular complexity index is 459. The quantitative estimate of drug-likeness (QED) is 0.826. The smallest absolute Gasteiger partial charge is 0.0728 e. The van der Waals surface area contributed by atoms with Crippen LogP contribution in [0.25, 0.3) is 0 Å². The van der Waals surface area contributed by atoms with Crippen molar-refractivity contribution in [1.82, 2.24) is 14.7 Å². The Morgan fingerprint density at radius 2 is 2.36 bits per heavy atom. The van der Waals surface area contributed by atoms with Crippen molar-refractivity contribution in [3.8, 4) is 0 Å². The zero-order valence-electron chi connectivity index (χ0n) is 13.4. The minimum atomic E-state index is 0.124. The summed E-state index contributed by atoms with van der Waals surface area (Å²) >= 11 is 0. The van der Waals surface area contributed by atoms with Crippen LogP contribution in [0.15, 0.2) is 12.4 Å². The van der Waals surface area contributed by atoms with E-state index in [9.17, 15) is 0 Å². The molecule has 0 radical (unpaired) electrons. The largest absolute Gasteiger partial charge is 0.394 e. The number of ether oxygens (including phenoxy) is 1. The lowest BCUT2D eigenvalue weighted by Gasteiger charge is -2.38. The van der Waals surface area contributed by atoms with Gasteiger partial charge in [0, 0.05) is 38.5 Å². The molecule has 0 saturated carbocycles. The second-order valence-electron chi connectivity index (χ2n) is 6.63. The highest BCUT2D eigenvalue weighted by Crippen LogP contribution is 2.23. The molecule has 0 aliphatic carbocycles. The molecule has 3 unspecified atom stereocenters. The molecule has 2 aliphatic heterocycles. The summed E-state index contributed by atoms with van der Waals surface area (Å²) in [5.41, 5.74) is 1.05. The van der Waals surface area contributed by atoms with Gasteiger partial charge in [-0.05, 0) is 25.2 Å². The van der Waals surface area contributed by atoms with E-state index in [1.165, 1.54) is 12.8 Å². The van der Waals surface area contributed by atoms with Crippen LogP contribution in [0.5, 0.6) is 0 Å². The first kappa shape index (κ1) is 15.8. The average molecular weight is 308 g/mol. The standard InChI is InChI=1S/C16H28N4O2/c1-13-10-19(12-15-3-2-8-22-15)5-4-16(13)18-14-9-17-20(11-14)6-7-21/h9,11,13,15-16,18,21H,2-8,10,12H2,1H3. The van der Waals surface area contributed by atoms with E-state index in [0.717, 1.165) is 38.3 Å². The third-order valence-electron chi connectivity index (χ3n) is 4.79. The van der Waals surface area contributed by atoms with Crippen molar-refractivity contribution in [2.24, 2.45) is 5.92 Å². The minimum absolute atomic E-state index is 0.124. The van der Waals surface area contributed by atoms with E-state index in [-0.39, 0.29) is 6.61 Å². The summed E-state index contributed by atoms with van der Waals surface area (Å²) in [6.07, 6.45) is 7.86. The first-order valence-electron chi connectivity index (χ1n) is 8.48. The molecule has 22 heavy (non-hydrogen) atoms. The molecule has 2 fully saturated rings. The number of hydrogen-bond acceptors (Lipinski definition) is 5. The van der Waals surface area contributed by atoms with E-state index in [2.05, 4.69) is 22.2 Å². The number of aliphatic hydroxyl groups is 1. The molecule has 3 rings (SSSR count). The van der Waals surface area contributed by atoms with Gasteiger partial charge in [0.2, 0.25) is 0 Å². The Balaban J connectivity index is 1.47. The predicted molar refractivity (Wildman–Crippen MR) is 85.9 cm³/mol. The van der Waals surface area contributed by atoms with Crippen LogP contribution in [0.1, 0.15) is 26.2 Å². The fourth-order valence-electron chi connectivity index (χ4n) is 3.57. The lowest BCUT2D eigenvalue weighted by Crippen LogP contribution is -2.47. The maximum atomic E-state index is 8.94. The number of aromatic nitrogens is 2. The van der Waals surface area contributed by atoms with Gasteiger partial charge in [-0.15, -0.1) is 0 Å². The number of rotatable bonds is 6. The van der Waals surface area contributed by atoms with E-state index in [1.807, 2.05) is 12.4 Å². The van der Waals surface area contributed by atoms with E-state index in [0.29, 0.717) is 24.6 Å². The van der Waals surface area contributed by atoms with E-state index < -0.39 is 0 Å². The molecule has 3 heterocycles. The van der Waals surface area contributed by atoms with E-state index >= 15 is 0 Å². The highest BCUT2D eigenvalue weighted by molar-refractivity contribution is 5.39. The third kappa shape index (κ3) is 4.00. The van der Waals surface area contributed by atoms with Gasteiger partial charge in [-0.2, -0.15) is 5.10 Å². The highest BCUT2D eigenvalue weighted by Gasteiger charge is 2.28. The van der Waals surface area contributed by atoms with Gasteiger partial charge < -0.3 is 20.1 Å². The van der Waals surface area contributed by atoms with Gasteiger partial charge in [0.15, 0.2) is 0 Å². The minimum Gasteiger partial charge on any atom is -0.394 e. The number of hydrogen-bond donors (Lipinski definition) is 2. The van der Waals surface area contributed by atoms with Gasteiger partial charge in [0.25, 0.3) is 0 Å². The van der Waals surface area contributed by atoms with Crippen LogP contribution in [0.3, 0.4) is 0 Å². The van der Waals surface area contributed by atoms with Crippen LogP contribution in [-0.2, 0) is 11.3 Å². The average Bonchev–Trinajstić information content (AvgIpc) is 3.14. The molecule has 6 nitrogen and oxygen atoms in total. The summed E-state index contributed by atoms with van der Waals surface area (Å²) in [6.45, 7) is 7.28. The zero-order valence-corrected chi connectivity index (χ0v) is 13.4. The molecule has 2 N–H and O–H groups in total. The molecule has 3 atom stereocenters. The Kier molecular flexibility index (Phi) is 5.33. The molecule has 2 saturated heterocycles. The van der Waals surface area contributed by atoms with Crippen LogP contribution in [0, 0.1) is 5.92 Å². The summed E-state index contributed by atoms with van der Waals surface area (Å²) in [4.78, 5) is 2.55. The van der Waals surface area contributed by atoms with Crippen molar-refractivity contribution in [2.75, 3.05) is 38.2 Å². The molecule has 1 aromatic heterocycles. The lowest BCUT2D eigenvalue weighted by atomic mass is 9.93. The number of likely N-dealkylation sites (tertiary alicyclic amines) is 1. The van der Waals surface area contributed by atoms with Crippen molar-refractivity contribution >= 4 is 5.69 Å². The molecule has 0 amide bonds. The van der Waals surface area contributed by atoms with Crippen molar-refractivity contribution < 1.29 is 9.84 Å². The summed E-state index contributed by atoms with van der Waals surface area (Å²) in [5.74, 6) is 0.608. The second kappa shape index (κ2) is 7.44. The Hall–Kier alpha value is -1.11. The molecule has 0 bridgehead atoms. The normalized spacial score (nSPS) is 29.8. The maximum absolute atomic E-state index is 8.94. The van der Waals surface area contributed by atoms with E-state index in [1.54, 1.807) is 4.68 Å². The summed E-state index contributed by atoms with van der Waals surface area (Å²) in [5, 5.41) is 16.8. The Labute approximate surface area is 132 Å². The van der Waals surface area contributed by atoms with Gasteiger partial charge in [-0.3, -0.25) is 4.68 Å². The van der Waals surface area contributed by atoms with Crippen molar-refractivity contribution in [3.05, 3.63) is 12.4 Å². The van der Waals surface area contributed by atoms with Gasteiger partial charge in [-0.1, -0.05) is 6.92 Å². The summed E-state index contributed by atoms with van der Waals surface area (Å²) < 4.78 is 7.53. The molecule has 1 aromatic rings. The molecule has 6 heteroatoms. The monoisotopic (exact) mass is 308 g/mol. The fraction of sp³-hybridized carbons (Fsp3) is 0.812. The van der Waals surface area contributed by atoms with Crippen LogP contribution in [0.4, 0.5) is 5.69 Å². The van der Waals surface area contributed by atoms with Crippen molar-refractivity contribution in [3.63, 3.8) is 0 Å². The Morgan fingerprint density at radius 3 is 3.09 bits per heavy atom. The number of nitrogens with one attached hydrogen (secondary N) is 1. The first-order valence-corrected chi connectivity index (χ1v) is 8.48. The van der Waals surface area contributed by atoms with Gasteiger partial charge >= 0.3 is 0 Å². The maximum Gasteiger partial charge on any atom is 0.0728 e. The molecular weight excluding hydrogens is 280 g/mol. The molecule has 124 valence electrons. The molecule has 2 aliphatic rings. The molecular formula is C16H28N4O2. The van der Waals surface area contributed by atoms with Crippen LogP contribution in [0.2, 0.25) is 0 Å². The topological polar surface area (TPSA) is 62.5 Å². The van der Waals surface area contributed by atoms with Gasteiger partial charge in [0.05, 0.1) is 31.1 Å². The number of nitrogens with zero attached hydrogens (tertiary/aromatic N) is 3. The van der Waals surface area contributed by atoms with Crippen LogP contribution in [-0.4, -0.2) is 64.8 Å². The predicted octanol–water partition coefficient (Wildman–Crippen LogP) is 1.18. The second-order valence-corrected chi connectivity index (χ2v) is 6.63. The van der Waals surface area contributed by atoms with Crippen molar-refractivity contribution in [1.29, 1.82) is 0 Å².